The first-order valence-electron chi connectivity index (χ1n) is 26.4. The minimum absolute atomic E-state index is 0.00488. The average molecular weight is 887 g/mol. The highest BCUT2D eigenvalue weighted by atomic mass is 19.4. The molecule has 0 rings (SSSR count). The number of ether oxygens (including phenoxy) is 3. The Balaban J connectivity index is 4.76. The van der Waals surface area contributed by atoms with E-state index in [0.29, 0.717) is 52.1 Å². The molecule has 0 saturated heterocycles. The molecule has 0 heterocycles. The molecule has 61 heavy (non-hydrogen) atoms. The van der Waals surface area contributed by atoms with Crippen LogP contribution in [0.3, 0.4) is 0 Å². The maximum Gasteiger partial charge on any atom is 0.391 e. The molecule has 9 heteroatoms. The lowest BCUT2D eigenvalue weighted by Crippen LogP contribution is -2.26. The Kier molecular flexibility index (Phi) is 43.0. The zero-order valence-corrected chi connectivity index (χ0v) is 40.5. The highest BCUT2D eigenvalue weighted by molar-refractivity contribution is 4.70. The molecule has 0 saturated carbocycles. The third kappa shape index (κ3) is 40.7. The van der Waals surface area contributed by atoms with Crippen LogP contribution in [-0.4, -0.2) is 51.0 Å². The number of hydrogen-bond donors (Lipinski definition) is 0. The Bertz CT molecular complexity index is 801. The SMILES string of the molecule is CCCCCCCCCC(CCCCCCOC(CCCCCCC)COCC(CCCCCCC)OCCCCCCC(CCCCCCCCC)C(F)(F)F)C(F)(F)F. The quantitative estimate of drug-likeness (QED) is 0.0450. The van der Waals surface area contributed by atoms with Gasteiger partial charge in [-0.05, 0) is 51.4 Å². The van der Waals surface area contributed by atoms with Gasteiger partial charge in [0.2, 0.25) is 0 Å². The second-order valence-electron chi connectivity index (χ2n) is 18.6. The standard InChI is InChI=1S/C52H100F6O3/c1-5-9-13-17-19-23-29-37-47(51(53,54)55)39-31-25-27-35-43-60-49(41-33-21-15-11-7-3)45-59-46-50(42-34-22-16-12-8-4)61-44-36-28-26-32-40-48(52(56,57)58)38-30-24-20-18-14-10-6-2/h47-50H,5-46H2,1-4H3. The largest absolute Gasteiger partial charge is 0.391 e. The predicted octanol–water partition coefficient (Wildman–Crippen LogP) is 19.0. The first-order valence-corrected chi connectivity index (χ1v) is 26.4. The molecule has 0 spiro atoms. The van der Waals surface area contributed by atoms with Crippen LogP contribution in [0.15, 0.2) is 0 Å². The number of rotatable bonds is 48. The first kappa shape index (κ1) is 60.5. The van der Waals surface area contributed by atoms with Gasteiger partial charge in [-0.3, -0.25) is 0 Å². The fraction of sp³-hybridized carbons (Fsp3) is 1.00. The van der Waals surface area contributed by atoms with Crippen LogP contribution in [0.25, 0.3) is 0 Å². The van der Waals surface area contributed by atoms with Crippen LogP contribution >= 0.6 is 0 Å². The van der Waals surface area contributed by atoms with Crippen LogP contribution in [0, 0.1) is 11.8 Å². The molecule has 0 bridgehead atoms. The highest BCUT2D eigenvalue weighted by Crippen LogP contribution is 2.36. The minimum atomic E-state index is -4.10. The van der Waals surface area contributed by atoms with E-state index in [4.69, 9.17) is 14.2 Å². The average Bonchev–Trinajstić information content (AvgIpc) is 3.21. The second kappa shape index (κ2) is 43.4. The molecule has 0 aliphatic carbocycles. The van der Waals surface area contributed by atoms with Crippen LogP contribution in [-0.2, 0) is 14.2 Å². The van der Waals surface area contributed by atoms with Crippen molar-refractivity contribution in [3.63, 3.8) is 0 Å². The highest BCUT2D eigenvalue weighted by Gasteiger charge is 2.39. The summed E-state index contributed by atoms with van der Waals surface area (Å²) in [7, 11) is 0. The van der Waals surface area contributed by atoms with E-state index in [1.165, 1.54) is 89.9 Å². The Labute approximate surface area is 374 Å². The maximum absolute atomic E-state index is 13.7. The molecule has 0 aliphatic rings. The number of halogens is 6. The molecule has 368 valence electrons. The zero-order valence-electron chi connectivity index (χ0n) is 40.5. The van der Waals surface area contributed by atoms with Crippen molar-refractivity contribution < 1.29 is 40.6 Å². The minimum Gasteiger partial charge on any atom is -0.376 e. The molecule has 0 aliphatic heterocycles. The zero-order chi connectivity index (χ0) is 45.1. The second-order valence-corrected chi connectivity index (χ2v) is 18.6. The molecule has 4 unspecified atom stereocenters. The molecule has 0 fully saturated rings. The Morgan fingerprint density at radius 2 is 0.525 bits per heavy atom. The van der Waals surface area contributed by atoms with E-state index in [1.807, 2.05) is 0 Å². The molecule has 0 radical (unpaired) electrons. The topological polar surface area (TPSA) is 27.7 Å². The van der Waals surface area contributed by atoms with Crippen LogP contribution in [0.1, 0.15) is 272 Å². The van der Waals surface area contributed by atoms with Gasteiger partial charge in [-0.1, -0.05) is 220 Å². The van der Waals surface area contributed by atoms with Crippen molar-refractivity contribution in [2.24, 2.45) is 11.8 Å². The van der Waals surface area contributed by atoms with E-state index in [9.17, 15) is 26.3 Å². The van der Waals surface area contributed by atoms with E-state index in [1.54, 1.807) is 0 Å². The summed E-state index contributed by atoms with van der Waals surface area (Å²) in [4.78, 5) is 0. The maximum atomic E-state index is 13.7. The summed E-state index contributed by atoms with van der Waals surface area (Å²) in [5.41, 5.74) is 0. The summed E-state index contributed by atoms with van der Waals surface area (Å²) in [6.07, 6.45) is 27.5. The fourth-order valence-corrected chi connectivity index (χ4v) is 8.54. The van der Waals surface area contributed by atoms with Crippen molar-refractivity contribution in [2.45, 2.75) is 296 Å². The summed E-state index contributed by atoms with van der Waals surface area (Å²) in [5.74, 6) is -2.35. The molecular weight excluding hydrogens is 787 g/mol. The summed E-state index contributed by atoms with van der Waals surface area (Å²) >= 11 is 0. The van der Waals surface area contributed by atoms with E-state index in [2.05, 4.69) is 27.7 Å². The van der Waals surface area contributed by atoms with Gasteiger partial charge in [0.05, 0.1) is 37.3 Å². The van der Waals surface area contributed by atoms with Gasteiger partial charge in [0, 0.05) is 13.2 Å². The van der Waals surface area contributed by atoms with Crippen molar-refractivity contribution in [1.29, 1.82) is 0 Å². The lowest BCUT2D eigenvalue weighted by Gasteiger charge is -2.22. The molecular formula is C52H100F6O3. The predicted molar refractivity (Wildman–Crippen MR) is 248 cm³/mol. The Morgan fingerprint density at radius 1 is 0.295 bits per heavy atom. The van der Waals surface area contributed by atoms with E-state index in [-0.39, 0.29) is 37.9 Å². The summed E-state index contributed by atoms with van der Waals surface area (Å²) < 4.78 is 101. The third-order valence-corrected chi connectivity index (χ3v) is 12.7. The van der Waals surface area contributed by atoms with E-state index < -0.39 is 24.2 Å². The van der Waals surface area contributed by atoms with Crippen molar-refractivity contribution >= 4 is 0 Å². The molecule has 0 aromatic rings. The normalized spacial score (nSPS) is 14.5. The number of alkyl halides is 6. The molecule has 3 nitrogen and oxygen atoms in total. The van der Waals surface area contributed by atoms with Crippen molar-refractivity contribution in [2.75, 3.05) is 26.4 Å². The van der Waals surface area contributed by atoms with Crippen LogP contribution in [0.2, 0.25) is 0 Å². The Morgan fingerprint density at radius 3 is 0.787 bits per heavy atom. The van der Waals surface area contributed by atoms with Crippen molar-refractivity contribution in [1.82, 2.24) is 0 Å². The summed E-state index contributed by atoms with van der Waals surface area (Å²) in [6, 6.07) is 0. The molecule has 0 aromatic heterocycles. The molecule has 4 atom stereocenters. The van der Waals surface area contributed by atoms with Crippen LogP contribution < -0.4 is 0 Å². The van der Waals surface area contributed by atoms with Crippen LogP contribution in [0.4, 0.5) is 26.3 Å². The van der Waals surface area contributed by atoms with E-state index >= 15 is 0 Å². The van der Waals surface area contributed by atoms with Gasteiger partial charge in [0.25, 0.3) is 0 Å². The molecule has 0 N–H and O–H groups in total. The van der Waals surface area contributed by atoms with Gasteiger partial charge in [0.15, 0.2) is 0 Å². The van der Waals surface area contributed by atoms with Gasteiger partial charge in [0.1, 0.15) is 0 Å². The van der Waals surface area contributed by atoms with Gasteiger partial charge < -0.3 is 14.2 Å². The summed E-state index contributed by atoms with van der Waals surface area (Å²) in [5, 5.41) is 0. The van der Waals surface area contributed by atoms with Gasteiger partial charge in [-0.25, -0.2) is 0 Å². The van der Waals surface area contributed by atoms with Crippen LogP contribution in [0.5, 0.6) is 0 Å². The van der Waals surface area contributed by atoms with Gasteiger partial charge in [-0.15, -0.1) is 0 Å². The Hall–Kier alpha value is -0.540. The van der Waals surface area contributed by atoms with Crippen molar-refractivity contribution in [3.05, 3.63) is 0 Å². The van der Waals surface area contributed by atoms with Crippen molar-refractivity contribution in [3.8, 4) is 0 Å². The fourth-order valence-electron chi connectivity index (χ4n) is 8.54. The smallest absolute Gasteiger partial charge is 0.376 e. The number of unbranched alkanes of at least 4 members (excludes halogenated alkanes) is 26. The van der Waals surface area contributed by atoms with Gasteiger partial charge in [-0.2, -0.15) is 26.3 Å². The first-order chi connectivity index (χ1) is 29.5. The lowest BCUT2D eigenvalue weighted by molar-refractivity contribution is -0.179. The van der Waals surface area contributed by atoms with E-state index in [0.717, 1.165) is 103 Å². The molecule has 0 amide bonds. The lowest BCUT2D eigenvalue weighted by atomic mass is 9.94. The molecule has 0 aromatic carbocycles. The summed E-state index contributed by atoms with van der Waals surface area (Å²) in [6.45, 7) is 11.0. The number of hydrogen-bond acceptors (Lipinski definition) is 3. The third-order valence-electron chi connectivity index (χ3n) is 12.7. The monoisotopic (exact) mass is 887 g/mol. The van der Waals surface area contributed by atoms with Gasteiger partial charge >= 0.3 is 12.4 Å².